The molecule has 1 aromatic rings. The predicted octanol–water partition coefficient (Wildman–Crippen LogP) is 1.37. The first-order valence-corrected chi connectivity index (χ1v) is 4.16. The first-order chi connectivity index (χ1) is 6.25. The van der Waals surface area contributed by atoms with Gasteiger partial charge in [-0.2, -0.15) is 0 Å². The van der Waals surface area contributed by atoms with E-state index in [2.05, 4.69) is 4.99 Å². The van der Waals surface area contributed by atoms with E-state index in [0.717, 1.165) is 5.69 Å². The Bertz CT molecular complexity index is 371. The summed E-state index contributed by atoms with van der Waals surface area (Å²) in [6.45, 7) is 2.39. The summed E-state index contributed by atoms with van der Waals surface area (Å²) < 4.78 is 0. The quantitative estimate of drug-likeness (QED) is 0.644. The average molecular weight is 174 g/mol. The molecule has 1 heterocycles. The van der Waals surface area contributed by atoms with Crippen LogP contribution in [0, 0.1) is 6.92 Å². The largest absolute Gasteiger partial charge is 0.323 e. The highest BCUT2D eigenvalue weighted by molar-refractivity contribution is 6.01. The van der Waals surface area contributed by atoms with Gasteiger partial charge in [-0.05, 0) is 24.6 Å². The molecule has 0 aliphatic carbocycles. The molecule has 1 aromatic carbocycles. The smallest absolute Gasteiger partial charge is 0.267 e. The summed E-state index contributed by atoms with van der Waals surface area (Å²) in [6.07, 6.45) is 1.58. The number of aryl methyl sites for hydroxylation is 1. The minimum absolute atomic E-state index is 0.0819. The van der Waals surface area contributed by atoms with Gasteiger partial charge < -0.3 is 4.90 Å². The van der Waals surface area contributed by atoms with Crippen molar-refractivity contribution in [2.75, 3.05) is 11.4 Å². The first-order valence-electron chi connectivity index (χ1n) is 4.16. The molecule has 0 saturated heterocycles. The Morgan fingerprint density at radius 2 is 2.31 bits per heavy atom. The normalized spacial score (nSPS) is 15.5. The number of hydrogen-bond donors (Lipinski definition) is 0. The van der Waals surface area contributed by atoms with Crippen LogP contribution in [0.25, 0.3) is 0 Å². The highest BCUT2D eigenvalue weighted by Gasteiger charge is 2.14. The Morgan fingerprint density at radius 1 is 1.46 bits per heavy atom. The minimum Gasteiger partial charge on any atom is -0.323 e. The summed E-state index contributed by atoms with van der Waals surface area (Å²) >= 11 is 0. The maximum Gasteiger partial charge on any atom is 0.267 e. The molecule has 0 fully saturated rings. The van der Waals surface area contributed by atoms with Crippen molar-refractivity contribution in [2.24, 2.45) is 4.99 Å². The molecule has 3 heteroatoms. The summed E-state index contributed by atoms with van der Waals surface area (Å²) in [4.78, 5) is 16.4. The van der Waals surface area contributed by atoms with E-state index in [-0.39, 0.29) is 5.91 Å². The van der Waals surface area contributed by atoms with Gasteiger partial charge in [0.15, 0.2) is 0 Å². The summed E-state index contributed by atoms with van der Waals surface area (Å²) in [6, 6.07) is 8.00. The Morgan fingerprint density at radius 3 is 2.92 bits per heavy atom. The van der Waals surface area contributed by atoms with Crippen molar-refractivity contribution in [1.82, 2.24) is 0 Å². The molecule has 0 N–H and O–H groups in total. The Labute approximate surface area is 76.7 Å². The fraction of sp³-hybridized carbons (Fsp3) is 0.200. The summed E-state index contributed by atoms with van der Waals surface area (Å²) in [7, 11) is 0. The molecule has 1 amide bonds. The molecule has 0 unspecified atom stereocenters. The van der Waals surface area contributed by atoms with Gasteiger partial charge in [0.1, 0.15) is 6.54 Å². The number of aliphatic imine (C=N–C) groups is 1. The van der Waals surface area contributed by atoms with Crippen LogP contribution in [0.2, 0.25) is 0 Å². The van der Waals surface area contributed by atoms with E-state index in [1.807, 2.05) is 36.1 Å². The van der Waals surface area contributed by atoms with Gasteiger partial charge >= 0.3 is 0 Å². The van der Waals surface area contributed by atoms with Crippen LogP contribution in [0.1, 0.15) is 5.56 Å². The van der Waals surface area contributed by atoms with Gasteiger partial charge in [0.05, 0.1) is 6.34 Å². The highest BCUT2D eigenvalue weighted by Crippen LogP contribution is 2.16. The first kappa shape index (κ1) is 7.98. The number of anilines is 1. The van der Waals surface area contributed by atoms with Crippen molar-refractivity contribution in [3.8, 4) is 0 Å². The van der Waals surface area contributed by atoms with Gasteiger partial charge in [-0.15, -0.1) is 0 Å². The fourth-order valence-corrected chi connectivity index (χ4v) is 1.33. The van der Waals surface area contributed by atoms with E-state index in [0.29, 0.717) is 6.54 Å². The predicted molar refractivity (Wildman–Crippen MR) is 52.0 cm³/mol. The molecule has 1 aliphatic rings. The topological polar surface area (TPSA) is 32.7 Å². The minimum atomic E-state index is -0.0819. The zero-order chi connectivity index (χ0) is 9.26. The van der Waals surface area contributed by atoms with Crippen molar-refractivity contribution in [3.05, 3.63) is 29.8 Å². The second-order valence-electron chi connectivity index (χ2n) is 3.11. The summed E-state index contributed by atoms with van der Waals surface area (Å²) in [5, 5.41) is 0. The number of hydrogen-bond acceptors (Lipinski definition) is 2. The standard InChI is InChI=1S/C10H10N2O/c1-8-3-2-4-9(5-8)12-6-10(13)11-7-12/h2-5,7H,6H2,1H3. The van der Waals surface area contributed by atoms with E-state index in [9.17, 15) is 4.79 Å². The van der Waals surface area contributed by atoms with Gasteiger partial charge in [-0.25, -0.2) is 4.99 Å². The number of nitrogens with zero attached hydrogens (tertiary/aromatic N) is 2. The third-order valence-electron chi connectivity index (χ3n) is 1.98. The zero-order valence-electron chi connectivity index (χ0n) is 7.40. The van der Waals surface area contributed by atoms with Crippen LogP contribution in [0.5, 0.6) is 0 Å². The molecule has 0 spiro atoms. The van der Waals surface area contributed by atoms with Gasteiger partial charge in [0.25, 0.3) is 5.91 Å². The van der Waals surface area contributed by atoms with E-state index in [1.165, 1.54) is 5.56 Å². The molecule has 0 radical (unpaired) electrons. The lowest BCUT2D eigenvalue weighted by molar-refractivity contribution is -0.115. The van der Waals surface area contributed by atoms with E-state index >= 15 is 0 Å². The Balaban J connectivity index is 2.27. The maximum atomic E-state index is 10.9. The van der Waals surface area contributed by atoms with Crippen molar-refractivity contribution in [3.63, 3.8) is 0 Å². The van der Waals surface area contributed by atoms with Crippen LogP contribution < -0.4 is 4.90 Å². The van der Waals surface area contributed by atoms with Gasteiger partial charge in [0, 0.05) is 5.69 Å². The van der Waals surface area contributed by atoms with E-state index in [1.54, 1.807) is 6.34 Å². The molecular formula is C10H10N2O. The van der Waals surface area contributed by atoms with Crippen molar-refractivity contribution < 1.29 is 4.79 Å². The van der Waals surface area contributed by atoms with Gasteiger partial charge in [-0.1, -0.05) is 12.1 Å². The van der Waals surface area contributed by atoms with E-state index < -0.39 is 0 Å². The number of benzene rings is 1. The Kier molecular flexibility index (Phi) is 1.85. The van der Waals surface area contributed by atoms with Crippen molar-refractivity contribution in [2.45, 2.75) is 6.92 Å². The second kappa shape index (κ2) is 3.01. The van der Waals surface area contributed by atoms with Crippen molar-refractivity contribution >= 4 is 17.9 Å². The molecular weight excluding hydrogens is 164 g/mol. The average Bonchev–Trinajstić information content (AvgIpc) is 2.52. The van der Waals surface area contributed by atoms with Gasteiger partial charge in [-0.3, -0.25) is 4.79 Å². The molecule has 3 nitrogen and oxygen atoms in total. The highest BCUT2D eigenvalue weighted by atomic mass is 16.1. The third kappa shape index (κ3) is 1.59. The molecule has 13 heavy (non-hydrogen) atoms. The lowest BCUT2D eigenvalue weighted by Gasteiger charge is -2.12. The lowest BCUT2D eigenvalue weighted by Crippen LogP contribution is -2.20. The Hall–Kier alpha value is -1.64. The van der Waals surface area contributed by atoms with Crippen LogP contribution in [0.4, 0.5) is 5.69 Å². The van der Waals surface area contributed by atoms with Crippen LogP contribution in [0.15, 0.2) is 29.3 Å². The second-order valence-corrected chi connectivity index (χ2v) is 3.11. The number of carbonyl (C=O) groups is 1. The number of rotatable bonds is 1. The molecule has 2 rings (SSSR count). The van der Waals surface area contributed by atoms with Crippen LogP contribution in [-0.4, -0.2) is 18.8 Å². The molecule has 0 atom stereocenters. The fourth-order valence-electron chi connectivity index (χ4n) is 1.33. The molecule has 0 saturated carbocycles. The molecule has 1 aliphatic heterocycles. The van der Waals surface area contributed by atoms with Crippen LogP contribution in [0.3, 0.4) is 0 Å². The third-order valence-corrected chi connectivity index (χ3v) is 1.98. The molecule has 0 aromatic heterocycles. The lowest BCUT2D eigenvalue weighted by atomic mass is 10.2. The molecule has 0 bridgehead atoms. The van der Waals surface area contributed by atoms with Gasteiger partial charge in [0.2, 0.25) is 0 Å². The van der Waals surface area contributed by atoms with Crippen LogP contribution >= 0.6 is 0 Å². The summed E-state index contributed by atoms with van der Waals surface area (Å²) in [5.41, 5.74) is 2.21. The number of carbonyl (C=O) groups excluding carboxylic acids is 1. The van der Waals surface area contributed by atoms with Crippen molar-refractivity contribution in [1.29, 1.82) is 0 Å². The zero-order valence-corrected chi connectivity index (χ0v) is 7.40. The van der Waals surface area contributed by atoms with Crippen LogP contribution in [-0.2, 0) is 4.79 Å². The summed E-state index contributed by atoms with van der Waals surface area (Å²) in [5.74, 6) is -0.0819. The monoisotopic (exact) mass is 174 g/mol. The SMILES string of the molecule is Cc1cccc(N2C=NC(=O)C2)c1. The molecule has 66 valence electrons. The maximum absolute atomic E-state index is 10.9. The number of amides is 1. The van der Waals surface area contributed by atoms with E-state index in [4.69, 9.17) is 0 Å².